The van der Waals surface area contributed by atoms with E-state index in [1.807, 2.05) is 6.08 Å². The largest absolute Gasteiger partial charge is 0.396 e. The van der Waals surface area contributed by atoms with Gasteiger partial charge in [0, 0.05) is 11.3 Å². The van der Waals surface area contributed by atoms with Gasteiger partial charge in [0.2, 0.25) is 0 Å². The third-order valence-electron chi connectivity index (χ3n) is 4.82. The van der Waals surface area contributed by atoms with Gasteiger partial charge >= 0.3 is 0 Å². The average molecular weight is 222 g/mol. The number of ether oxygens (including phenoxy) is 1. The molecule has 2 nitrogen and oxygen atoms in total. The third kappa shape index (κ3) is 1.40. The van der Waals surface area contributed by atoms with E-state index in [0.717, 1.165) is 0 Å². The minimum Gasteiger partial charge on any atom is -0.396 e. The molecule has 5 atom stereocenters. The SMILES string of the molecule is C=C[C@H]1OC[C@@]2(CO)[C@@H](C)C=C(C)[C@H]1[C@@H]2C. The number of hydrogen-bond acceptors (Lipinski definition) is 2. The molecule has 1 aliphatic carbocycles. The first-order chi connectivity index (χ1) is 7.56. The van der Waals surface area contributed by atoms with Crippen molar-refractivity contribution in [2.24, 2.45) is 23.2 Å². The Morgan fingerprint density at radius 2 is 2.31 bits per heavy atom. The second kappa shape index (κ2) is 4.01. The molecule has 90 valence electrons. The van der Waals surface area contributed by atoms with Crippen molar-refractivity contribution in [3.8, 4) is 0 Å². The van der Waals surface area contributed by atoms with E-state index in [0.29, 0.717) is 24.4 Å². The molecule has 0 radical (unpaired) electrons. The van der Waals surface area contributed by atoms with Crippen LogP contribution in [0.15, 0.2) is 24.3 Å². The van der Waals surface area contributed by atoms with Gasteiger partial charge in [-0.2, -0.15) is 0 Å². The summed E-state index contributed by atoms with van der Waals surface area (Å²) in [6.07, 6.45) is 4.31. The predicted molar refractivity (Wildman–Crippen MR) is 65.0 cm³/mol. The first-order valence-electron chi connectivity index (χ1n) is 6.10. The van der Waals surface area contributed by atoms with Crippen LogP contribution in [0.5, 0.6) is 0 Å². The molecule has 0 saturated carbocycles. The van der Waals surface area contributed by atoms with Gasteiger partial charge in [-0.1, -0.05) is 31.6 Å². The van der Waals surface area contributed by atoms with E-state index in [2.05, 4.69) is 33.4 Å². The van der Waals surface area contributed by atoms with Crippen molar-refractivity contribution in [2.45, 2.75) is 26.9 Å². The fourth-order valence-corrected chi connectivity index (χ4v) is 3.55. The van der Waals surface area contributed by atoms with Gasteiger partial charge in [-0.05, 0) is 18.8 Å². The Morgan fingerprint density at radius 3 is 2.88 bits per heavy atom. The fraction of sp³-hybridized carbons (Fsp3) is 0.714. The van der Waals surface area contributed by atoms with E-state index < -0.39 is 0 Å². The molecular weight excluding hydrogens is 200 g/mol. The Bertz CT molecular complexity index is 321. The highest BCUT2D eigenvalue weighted by Crippen LogP contribution is 2.52. The highest BCUT2D eigenvalue weighted by molar-refractivity contribution is 5.22. The normalized spacial score (nSPS) is 47.4. The molecule has 1 heterocycles. The van der Waals surface area contributed by atoms with Gasteiger partial charge in [0.05, 0.1) is 19.3 Å². The molecule has 0 aromatic rings. The van der Waals surface area contributed by atoms with E-state index in [4.69, 9.17) is 4.74 Å². The molecule has 2 heteroatoms. The van der Waals surface area contributed by atoms with Gasteiger partial charge in [0.1, 0.15) is 0 Å². The summed E-state index contributed by atoms with van der Waals surface area (Å²) in [5.74, 6) is 1.22. The van der Waals surface area contributed by atoms with Crippen LogP contribution >= 0.6 is 0 Å². The van der Waals surface area contributed by atoms with Crippen LogP contribution in [0.25, 0.3) is 0 Å². The van der Waals surface area contributed by atoms with Gasteiger partial charge in [0.25, 0.3) is 0 Å². The maximum absolute atomic E-state index is 9.74. The molecule has 0 aromatic carbocycles. The molecule has 16 heavy (non-hydrogen) atoms. The molecular formula is C14H22O2. The summed E-state index contributed by atoms with van der Waals surface area (Å²) in [7, 11) is 0. The van der Waals surface area contributed by atoms with E-state index in [9.17, 15) is 5.11 Å². The Hall–Kier alpha value is -0.600. The molecule has 0 amide bonds. The van der Waals surface area contributed by atoms with Crippen LogP contribution in [0.2, 0.25) is 0 Å². The van der Waals surface area contributed by atoms with Crippen molar-refractivity contribution in [1.82, 2.24) is 0 Å². The monoisotopic (exact) mass is 222 g/mol. The van der Waals surface area contributed by atoms with Crippen molar-refractivity contribution in [3.63, 3.8) is 0 Å². The maximum Gasteiger partial charge on any atom is 0.0821 e. The first-order valence-corrected chi connectivity index (χ1v) is 6.10. The van der Waals surface area contributed by atoms with Crippen LogP contribution in [0.3, 0.4) is 0 Å². The van der Waals surface area contributed by atoms with Crippen LogP contribution in [0.1, 0.15) is 20.8 Å². The Balaban J connectivity index is 2.44. The number of hydrogen-bond donors (Lipinski definition) is 1. The minimum atomic E-state index is -0.0936. The molecule has 0 aromatic heterocycles. The Morgan fingerprint density at radius 1 is 1.62 bits per heavy atom. The smallest absolute Gasteiger partial charge is 0.0821 e. The number of rotatable bonds is 2. The Kier molecular flexibility index (Phi) is 2.97. The molecule has 1 N–H and O–H groups in total. The van der Waals surface area contributed by atoms with E-state index in [-0.39, 0.29) is 18.1 Å². The maximum atomic E-state index is 9.74. The van der Waals surface area contributed by atoms with Crippen LogP contribution < -0.4 is 0 Å². The number of fused-ring (bicyclic) bond motifs is 2. The van der Waals surface area contributed by atoms with E-state index >= 15 is 0 Å². The zero-order valence-electron chi connectivity index (χ0n) is 10.4. The van der Waals surface area contributed by atoms with E-state index in [1.165, 1.54) is 5.57 Å². The van der Waals surface area contributed by atoms with Crippen LogP contribution in [-0.4, -0.2) is 24.4 Å². The lowest BCUT2D eigenvalue weighted by Crippen LogP contribution is -2.55. The fourth-order valence-electron chi connectivity index (χ4n) is 3.55. The molecule has 0 unspecified atom stereocenters. The molecule has 0 spiro atoms. The second-order valence-corrected chi connectivity index (χ2v) is 5.42. The standard InChI is InChI=1S/C14H22O2/c1-5-12-13-9(2)6-10(3)14(7-15,8-16-12)11(13)4/h5-6,10-13,15H,1,7-8H2,2-4H3/t10-,11-,12+,13-,14-/m0/s1. The molecule has 1 saturated heterocycles. The van der Waals surface area contributed by atoms with Crippen LogP contribution in [0, 0.1) is 23.2 Å². The predicted octanol–water partition coefficient (Wildman–Crippen LogP) is 2.40. The number of aliphatic hydroxyl groups is 1. The zero-order chi connectivity index (χ0) is 11.9. The molecule has 1 fully saturated rings. The Labute approximate surface area is 98.0 Å². The highest BCUT2D eigenvalue weighted by atomic mass is 16.5. The lowest BCUT2D eigenvalue weighted by atomic mass is 9.56. The van der Waals surface area contributed by atoms with Gasteiger partial charge in [0.15, 0.2) is 0 Å². The topological polar surface area (TPSA) is 29.5 Å². The summed E-state index contributed by atoms with van der Waals surface area (Å²) in [5, 5.41) is 9.74. The van der Waals surface area contributed by atoms with Crippen molar-refractivity contribution in [1.29, 1.82) is 0 Å². The van der Waals surface area contributed by atoms with Gasteiger partial charge < -0.3 is 9.84 Å². The third-order valence-corrected chi connectivity index (χ3v) is 4.82. The van der Waals surface area contributed by atoms with E-state index in [1.54, 1.807) is 0 Å². The van der Waals surface area contributed by atoms with Crippen molar-refractivity contribution >= 4 is 0 Å². The van der Waals surface area contributed by atoms with Crippen molar-refractivity contribution < 1.29 is 9.84 Å². The molecule has 2 rings (SSSR count). The van der Waals surface area contributed by atoms with Gasteiger partial charge in [-0.15, -0.1) is 6.58 Å². The number of allylic oxidation sites excluding steroid dienone is 1. The van der Waals surface area contributed by atoms with Gasteiger partial charge in [-0.25, -0.2) is 0 Å². The summed E-state index contributed by atoms with van der Waals surface area (Å²) >= 11 is 0. The van der Waals surface area contributed by atoms with Gasteiger partial charge in [-0.3, -0.25) is 0 Å². The van der Waals surface area contributed by atoms with Crippen LogP contribution in [-0.2, 0) is 4.74 Å². The number of aliphatic hydroxyl groups excluding tert-OH is 1. The molecule has 2 aliphatic rings. The van der Waals surface area contributed by atoms with Crippen molar-refractivity contribution in [2.75, 3.05) is 13.2 Å². The lowest BCUT2D eigenvalue weighted by Gasteiger charge is -2.54. The molecule has 2 bridgehead atoms. The summed E-state index contributed by atoms with van der Waals surface area (Å²) in [4.78, 5) is 0. The van der Waals surface area contributed by atoms with Crippen molar-refractivity contribution in [3.05, 3.63) is 24.3 Å². The average Bonchev–Trinajstić information content (AvgIpc) is 2.26. The second-order valence-electron chi connectivity index (χ2n) is 5.42. The quantitative estimate of drug-likeness (QED) is 0.727. The highest BCUT2D eigenvalue weighted by Gasteiger charge is 2.52. The first kappa shape index (κ1) is 11.9. The summed E-state index contributed by atoms with van der Waals surface area (Å²) < 4.78 is 5.88. The zero-order valence-corrected chi connectivity index (χ0v) is 10.4. The van der Waals surface area contributed by atoms with Crippen LogP contribution in [0.4, 0.5) is 0 Å². The summed E-state index contributed by atoms with van der Waals surface area (Å²) in [6.45, 7) is 11.3. The minimum absolute atomic E-state index is 0.0936. The summed E-state index contributed by atoms with van der Waals surface area (Å²) in [5.41, 5.74) is 1.29. The molecule has 1 aliphatic heterocycles. The summed E-state index contributed by atoms with van der Waals surface area (Å²) in [6, 6.07) is 0. The lowest BCUT2D eigenvalue weighted by molar-refractivity contribution is -0.148.